The first-order valence-corrected chi connectivity index (χ1v) is 15.6. The highest BCUT2D eigenvalue weighted by Gasteiger charge is 2.35. The molecule has 2 atom stereocenters. The summed E-state index contributed by atoms with van der Waals surface area (Å²) in [6.45, 7) is 0. The molecule has 0 aliphatic carbocycles. The first-order valence-electron chi connectivity index (χ1n) is 15.6. The fourth-order valence-electron chi connectivity index (χ4n) is 6.73. The fraction of sp³-hybridized carbons (Fsp3) is 0.0732. The molecule has 222 valence electrons. The Morgan fingerprint density at radius 1 is 0.478 bits per heavy atom. The summed E-state index contributed by atoms with van der Waals surface area (Å²) in [6.07, 6.45) is 0.399. The van der Waals surface area contributed by atoms with Crippen molar-refractivity contribution in [2.45, 2.75) is 18.6 Å². The van der Waals surface area contributed by atoms with Crippen molar-refractivity contribution in [2.75, 3.05) is 15.1 Å². The van der Waals surface area contributed by atoms with Gasteiger partial charge in [0.25, 0.3) is 11.8 Å². The first-order chi connectivity index (χ1) is 22.7. The van der Waals surface area contributed by atoms with Crippen LogP contribution in [0, 0.1) is 0 Å². The number of fused-ring (bicyclic) bond motifs is 2. The number of hydrogen-bond donors (Lipinski definition) is 1. The van der Waals surface area contributed by atoms with Gasteiger partial charge in [-0.25, -0.2) is 0 Å². The van der Waals surface area contributed by atoms with Gasteiger partial charge in [-0.1, -0.05) is 115 Å². The van der Waals surface area contributed by atoms with E-state index in [0.29, 0.717) is 5.56 Å². The molecule has 2 unspecified atom stereocenters. The molecule has 0 saturated heterocycles. The molecular formula is C41H31N3O2. The van der Waals surface area contributed by atoms with Gasteiger partial charge in [-0.2, -0.15) is 0 Å². The van der Waals surface area contributed by atoms with E-state index in [-0.39, 0.29) is 24.0 Å². The molecule has 8 rings (SSSR count). The van der Waals surface area contributed by atoms with Gasteiger partial charge in [0.05, 0.1) is 11.6 Å². The van der Waals surface area contributed by atoms with Crippen LogP contribution in [0.25, 0.3) is 11.1 Å². The summed E-state index contributed by atoms with van der Waals surface area (Å²) in [5.41, 5.74) is 9.32. The summed E-state index contributed by atoms with van der Waals surface area (Å²) in [6, 6.07) is 52.1. The molecule has 6 aromatic rings. The van der Waals surface area contributed by atoms with Crippen LogP contribution in [0.4, 0.5) is 17.1 Å². The molecule has 1 N–H and O–H groups in total. The molecule has 0 saturated carbocycles. The molecule has 2 amide bonds. The maximum absolute atomic E-state index is 13.8. The monoisotopic (exact) mass is 597 g/mol. The molecule has 0 aromatic heterocycles. The Hall–Kier alpha value is -5.94. The Morgan fingerprint density at radius 3 is 1.63 bits per heavy atom. The zero-order valence-electron chi connectivity index (χ0n) is 25.1. The number of nitrogens with zero attached hydrogens (tertiary/aromatic N) is 2. The molecule has 46 heavy (non-hydrogen) atoms. The van der Waals surface area contributed by atoms with Crippen LogP contribution in [-0.4, -0.2) is 11.8 Å². The van der Waals surface area contributed by atoms with Gasteiger partial charge in [0.1, 0.15) is 6.17 Å². The highest BCUT2D eigenvalue weighted by atomic mass is 16.2. The maximum atomic E-state index is 13.8. The number of para-hydroxylation sites is 3. The van der Waals surface area contributed by atoms with E-state index in [0.717, 1.165) is 56.9 Å². The Balaban J connectivity index is 1.09. The molecule has 2 aliphatic rings. The van der Waals surface area contributed by atoms with Gasteiger partial charge in [0, 0.05) is 22.6 Å². The molecule has 5 heteroatoms. The van der Waals surface area contributed by atoms with Gasteiger partial charge in [0.2, 0.25) is 0 Å². The lowest BCUT2D eigenvalue weighted by Crippen LogP contribution is -2.43. The quantitative estimate of drug-likeness (QED) is 0.216. The Kier molecular flexibility index (Phi) is 6.92. The predicted octanol–water partition coefficient (Wildman–Crippen LogP) is 9.07. The van der Waals surface area contributed by atoms with E-state index in [2.05, 4.69) is 59.9 Å². The third kappa shape index (κ3) is 4.83. The summed E-state index contributed by atoms with van der Waals surface area (Å²) >= 11 is 0. The smallest absolute Gasteiger partial charge is 0.262 e. The molecule has 2 heterocycles. The number of carbonyl (C=O) groups excluding carboxylic acids is 2. The van der Waals surface area contributed by atoms with Gasteiger partial charge in [0.15, 0.2) is 0 Å². The number of amides is 2. The fourth-order valence-corrected chi connectivity index (χ4v) is 6.73. The topological polar surface area (TPSA) is 52.7 Å². The largest absolute Gasteiger partial charge is 0.360 e. The molecule has 6 aromatic carbocycles. The molecule has 0 bridgehead atoms. The number of carbonyl (C=O) groups is 2. The second kappa shape index (κ2) is 11.5. The average molecular weight is 598 g/mol. The van der Waals surface area contributed by atoms with Crippen LogP contribution in [0.5, 0.6) is 0 Å². The summed E-state index contributed by atoms with van der Waals surface area (Å²) < 4.78 is 0. The summed E-state index contributed by atoms with van der Waals surface area (Å²) in [4.78, 5) is 31.2. The Labute approximate surface area is 268 Å². The van der Waals surface area contributed by atoms with Crippen molar-refractivity contribution in [3.63, 3.8) is 0 Å². The molecule has 2 aliphatic heterocycles. The summed E-state index contributed by atoms with van der Waals surface area (Å²) in [7, 11) is 0. The Bertz CT molecular complexity index is 1890. The second-order valence-corrected chi connectivity index (χ2v) is 11.7. The lowest BCUT2D eigenvalue weighted by molar-refractivity contribution is 0.0962. The van der Waals surface area contributed by atoms with Gasteiger partial charge in [-0.3, -0.25) is 14.5 Å². The highest BCUT2D eigenvalue weighted by molar-refractivity contribution is 6.12. The molecule has 0 radical (unpaired) electrons. The Morgan fingerprint density at radius 2 is 0.978 bits per heavy atom. The lowest BCUT2D eigenvalue weighted by atomic mass is 9.88. The van der Waals surface area contributed by atoms with E-state index in [1.807, 2.05) is 113 Å². The zero-order chi connectivity index (χ0) is 31.0. The number of anilines is 3. The minimum atomic E-state index is -0.350. The van der Waals surface area contributed by atoms with Crippen LogP contribution in [0.3, 0.4) is 0 Å². The van der Waals surface area contributed by atoms with Crippen LogP contribution in [0.1, 0.15) is 49.6 Å². The zero-order valence-corrected chi connectivity index (χ0v) is 25.1. The van der Waals surface area contributed by atoms with Crippen molar-refractivity contribution in [1.82, 2.24) is 0 Å². The van der Waals surface area contributed by atoms with Gasteiger partial charge in [-0.15, -0.1) is 0 Å². The predicted molar refractivity (Wildman–Crippen MR) is 184 cm³/mol. The summed E-state index contributed by atoms with van der Waals surface area (Å²) in [5, 5.41) is 3.60. The standard InChI is InChI=1S/C41H31N3O2/c45-40-35-16-8-7-11-32(35)27-38(43(40)33-12-3-1-4-13-33)30-23-19-28(20-24-30)29-21-25-31(26-22-29)39-42-37-18-10-9-17-36(37)41(46)44(39)34-14-5-2-6-15-34/h1-26,38-39,42H,27H2. The molecule has 0 fully saturated rings. The lowest BCUT2D eigenvalue weighted by Gasteiger charge is -2.38. The van der Waals surface area contributed by atoms with E-state index < -0.39 is 0 Å². The number of rotatable bonds is 5. The van der Waals surface area contributed by atoms with Gasteiger partial charge < -0.3 is 10.2 Å². The van der Waals surface area contributed by atoms with Crippen molar-refractivity contribution in [2.24, 2.45) is 0 Å². The summed E-state index contributed by atoms with van der Waals surface area (Å²) in [5.74, 6) is -0.00160. The van der Waals surface area contributed by atoms with E-state index in [1.54, 1.807) is 0 Å². The van der Waals surface area contributed by atoms with E-state index in [9.17, 15) is 9.59 Å². The van der Waals surface area contributed by atoms with Crippen molar-refractivity contribution in [1.29, 1.82) is 0 Å². The van der Waals surface area contributed by atoms with Crippen molar-refractivity contribution < 1.29 is 9.59 Å². The second-order valence-electron chi connectivity index (χ2n) is 11.7. The van der Waals surface area contributed by atoms with Crippen molar-refractivity contribution in [3.05, 3.63) is 186 Å². The van der Waals surface area contributed by atoms with E-state index >= 15 is 0 Å². The molecule has 5 nitrogen and oxygen atoms in total. The number of benzene rings is 6. The number of hydrogen-bond acceptors (Lipinski definition) is 3. The van der Waals surface area contributed by atoms with Crippen LogP contribution in [0.2, 0.25) is 0 Å². The minimum absolute atomic E-state index is 0.0275. The van der Waals surface area contributed by atoms with Crippen LogP contribution >= 0.6 is 0 Å². The minimum Gasteiger partial charge on any atom is -0.360 e. The van der Waals surface area contributed by atoms with Gasteiger partial charge >= 0.3 is 0 Å². The molecule has 0 spiro atoms. The van der Waals surface area contributed by atoms with Crippen molar-refractivity contribution in [3.8, 4) is 11.1 Å². The van der Waals surface area contributed by atoms with Gasteiger partial charge in [-0.05, 0) is 76.7 Å². The maximum Gasteiger partial charge on any atom is 0.262 e. The third-order valence-electron chi connectivity index (χ3n) is 9.04. The van der Waals surface area contributed by atoms with E-state index in [1.165, 1.54) is 0 Å². The van der Waals surface area contributed by atoms with Crippen LogP contribution < -0.4 is 15.1 Å². The van der Waals surface area contributed by atoms with E-state index in [4.69, 9.17) is 0 Å². The first kappa shape index (κ1) is 27.6. The third-order valence-corrected chi connectivity index (χ3v) is 9.04. The SMILES string of the molecule is O=C1c2ccccc2CC(c2ccc(-c3ccc(C4Nc5ccccc5C(=O)N4c4ccccc4)cc3)cc2)N1c1ccccc1. The number of nitrogens with one attached hydrogen (secondary N) is 1. The normalized spacial score (nSPS) is 17.2. The van der Waals surface area contributed by atoms with Crippen LogP contribution in [0.15, 0.2) is 158 Å². The molecular weight excluding hydrogens is 566 g/mol. The van der Waals surface area contributed by atoms with Crippen LogP contribution in [-0.2, 0) is 6.42 Å². The highest BCUT2D eigenvalue weighted by Crippen LogP contribution is 2.39. The average Bonchev–Trinajstić information content (AvgIpc) is 3.12. The van der Waals surface area contributed by atoms with Crippen molar-refractivity contribution >= 4 is 28.9 Å².